The van der Waals surface area contributed by atoms with Crippen molar-refractivity contribution in [1.82, 2.24) is 15.3 Å². The molecule has 0 radical (unpaired) electrons. The van der Waals surface area contributed by atoms with Crippen molar-refractivity contribution in [3.8, 4) is 16.3 Å². The van der Waals surface area contributed by atoms with Crippen LogP contribution in [0.5, 0.6) is 5.75 Å². The van der Waals surface area contributed by atoms with Crippen molar-refractivity contribution in [2.75, 3.05) is 13.7 Å². The van der Waals surface area contributed by atoms with Crippen molar-refractivity contribution in [1.29, 1.82) is 0 Å². The molecule has 0 spiro atoms. The van der Waals surface area contributed by atoms with Crippen molar-refractivity contribution in [3.63, 3.8) is 0 Å². The molecule has 0 aliphatic heterocycles. The molecular weight excluding hydrogens is 374 g/mol. The van der Waals surface area contributed by atoms with Crippen molar-refractivity contribution >= 4 is 23.0 Å². The highest BCUT2D eigenvalue weighted by Crippen LogP contribution is 2.22. The Labute approximate surface area is 167 Å². The van der Waals surface area contributed by atoms with E-state index >= 15 is 0 Å². The Morgan fingerprint density at radius 3 is 2.54 bits per heavy atom. The Hall–Kier alpha value is -3.06. The van der Waals surface area contributed by atoms with Crippen LogP contribution in [0.4, 0.5) is 0 Å². The van der Waals surface area contributed by atoms with Crippen LogP contribution >= 0.6 is 11.3 Å². The molecule has 2 aromatic heterocycles. The number of Topliss-reactive ketones (excluding diaryl/α,β-unsaturated/α-hetero) is 1. The largest absolute Gasteiger partial charge is 0.497 e. The highest BCUT2D eigenvalue weighted by atomic mass is 32.1. The molecule has 28 heavy (non-hydrogen) atoms. The second-order valence-corrected chi connectivity index (χ2v) is 6.99. The molecule has 0 saturated carbocycles. The second kappa shape index (κ2) is 9.75. The van der Waals surface area contributed by atoms with E-state index in [0.717, 1.165) is 16.3 Å². The average molecular weight is 395 g/mol. The van der Waals surface area contributed by atoms with E-state index in [2.05, 4.69) is 15.3 Å². The monoisotopic (exact) mass is 395 g/mol. The molecule has 7 heteroatoms. The first kappa shape index (κ1) is 19.7. The normalized spacial score (nSPS) is 10.5. The van der Waals surface area contributed by atoms with Crippen LogP contribution in [0.3, 0.4) is 0 Å². The van der Waals surface area contributed by atoms with E-state index in [-0.39, 0.29) is 24.5 Å². The number of ether oxygens (including phenoxy) is 1. The highest BCUT2D eigenvalue weighted by molar-refractivity contribution is 7.13. The number of thiazole rings is 1. The van der Waals surface area contributed by atoms with E-state index in [9.17, 15) is 9.59 Å². The summed E-state index contributed by atoms with van der Waals surface area (Å²) >= 11 is 1.57. The summed E-state index contributed by atoms with van der Waals surface area (Å²) < 4.78 is 5.07. The number of methoxy groups -OCH3 is 1. The summed E-state index contributed by atoms with van der Waals surface area (Å²) in [6, 6.07) is 10.7. The number of pyridine rings is 1. The third-order valence-electron chi connectivity index (χ3n) is 4.17. The fourth-order valence-electron chi connectivity index (χ4n) is 2.62. The molecule has 0 bridgehead atoms. The van der Waals surface area contributed by atoms with Crippen molar-refractivity contribution in [2.24, 2.45) is 0 Å². The Balaban J connectivity index is 1.40. The van der Waals surface area contributed by atoms with Gasteiger partial charge >= 0.3 is 0 Å². The lowest BCUT2D eigenvalue weighted by molar-refractivity contribution is -0.121. The zero-order chi connectivity index (χ0) is 19.8. The number of carbonyl (C=O) groups excluding carboxylic acids is 2. The van der Waals surface area contributed by atoms with Crippen LogP contribution < -0.4 is 10.1 Å². The SMILES string of the molecule is COc1ccc(C(=O)CCC(=O)NCCc2csc(-c3ccncc3)n2)cc1. The Morgan fingerprint density at radius 2 is 1.82 bits per heavy atom. The lowest BCUT2D eigenvalue weighted by Gasteiger charge is -2.05. The van der Waals surface area contributed by atoms with Gasteiger partial charge in [-0.05, 0) is 36.4 Å². The van der Waals surface area contributed by atoms with Crippen LogP contribution in [-0.4, -0.2) is 35.3 Å². The molecule has 0 aliphatic carbocycles. The maximum Gasteiger partial charge on any atom is 0.220 e. The molecule has 144 valence electrons. The standard InChI is InChI=1S/C21H21N3O3S/c1-27-18-4-2-15(3-5-18)19(25)6-7-20(26)23-13-10-17-14-28-21(24-17)16-8-11-22-12-9-16/h2-5,8-9,11-12,14H,6-7,10,13H2,1H3,(H,23,26). The molecule has 1 N–H and O–H groups in total. The van der Waals surface area contributed by atoms with Gasteiger partial charge in [0.25, 0.3) is 0 Å². The maximum atomic E-state index is 12.1. The number of carbonyl (C=O) groups is 2. The summed E-state index contributed by atoms with van der Waals surface area (Å²) in [5, 5.41) is 5.78. The average Bonchev–Trinajstić information content (AvgIpc) is 3.21. The fourth-order valence-corrected chi connectivity index (χ4v) is 3.48. The number of benzene rings is 1. The van der Waals surface area contributed by atoms with Crippen molar-refractivity contribution in [2.45, 2.75) is 19.3 Å². The van der Waals surface area contributed by atoms with Gasteiger partial charge in [-0.1, -0.05) is 0 Å². The van der Waals surface area contributed by atoms with Gasteiger partial charge in [-0.3, -0.25) is 14.6 Å². The predicted molar refractivity (Wildman–Crippen MR) is 109 cm³/mol. The number of nitrogens with zero attached hydrogens (tertiary/aromatic N) is 2. The molecule has 1 amide bonds. The van der Waals surface area contributed by atoms with E-state index in [1.165, 1.54) is 0 Å². The maximum absolute atomic E-state index is 12.1. The van der Waals surface area contributed by atoms with E-state index < -0.39 is 0 Å². The zero-order valence-corrected chi connectivity index (χ0v) is 16.4. The first-order valence-electron chi connectivity index (χ1n) is 8.94. The van der Waals surface area contributed by atoms with Gasteiger partial charge in [0.2, 0.25) is 5.91 Å². The number of hydrogen-bond donors (Lipinski definition) is 1. The van der Waals surface area contributed by atoms with Crippen LogP contribution in [0.1, 0.15) is 28.9 Å². The van der Waals surface area contributed by atoms with Gasteiger partial charge in [-0.25, -0.2) is 4.98 Å². The van der Waals surface area contributed by atoms with Gasteiger partial charge in [0.1, 0.15) is 10.8 Å². The molecule has 0 fully saturated rings. The Kier molecular flexibility index (Phi) is 6.86. The molecule has 0 saturated heterocycles. The van der Waals surface area contributed by atoms with E-state index in [1.807, 2.05) is 17.5 Å². The first-order chi connectivity index (χ1) is 13.7. The fraction of sp³-hybridized carbons (Fsp3) is 0.238. The van der Waals surface area contributed by atoms with Crippen LogP contribution in [0.15, 0.2) is 54.2 Å². The second-order valence-electron chi connectivity index (χ2n) is 6.13. The summed E-state index contributed by atoms with van der Waals surface area (Å²) in [6.07, 6.45) is 4.48. The third-order valence-corrected chi connectivity index (χ3v) is 5.11. The summed E-state index contributed by atoms with van der Waals surface area (Å²) in [7, 11) is 1.58. The molecule has 0 aliphatic rings. The highest BCUT2D eigenvalue weighted by Gasteiger charge is 2.10. The van der Waals surface area contributed by atoms with Crippen molar-refractivity contribution in [3.05, 3.63) is 65.4 Å². The molecule has 6 nitrogen and oxygen atoms in total. The number of ketones is 1. The summed E-state index contributed by atoms with van der Waals surface area (Å²) in [5.41, 5.74) is 2.55. The number of hydrogen-bond acceptors (Lipinski definition) is 6. The van der Waals surface area contributed by atoms with Crippen molar-refractivity contribution < 1.29 is 14.3 Å². The predicted octanol–water partition coefficient (Wildman–Crippen LogP) is 3.54. The molecule has 0 atom stereocenters. The van der Waals surface area contributed by atoms with Crippen LogP contribution in [0.2, 0.25) is 0 Å². The lowest BCUT2D eigenvalue weighted by Crippen LogP contribution is -2.26. The lowest BCUT2D eigenvalue weighted by atomic mass is 10.1. The number of amides is 1. The minimum Gasteiger partial charge on any atom is -0.497 e. The molecule has 2 heterocycles. The summed E-state index contributed by atoms with van der Waals surface area (Å²) in [5.74, 6) is 0.508. The first-order valence-corrected chi connectivity index (χ1v) is 9.82. The Bertz CT molecular complexity index is 924. The van der Waals surface area contributed by atoms with E-state index in [4.69, 9.17) is 4.74 Å². The smallest absolute Gasteiger partial charge is 0.220 e. The molecular formula is C21H21N3O3S. The number of aromatic nitrogens is 2. The van der Waals surface area contributed by atoms with Gasteiger partial charge < -0.3 is 10.1 Å². The minimum atomic E-state index is -0.133. The van der Waals surface area contributed by atoms with Gasteiger partial charge in [0.15, 0.2) is 5.78 Å². The third kappa shape index (κ3) is 5.47. The molecule has 3 aromatic rings. The van der Waals surface area contributed by atoms with Gasteiger partial charge in [-0.2, -0.15) is 0 Å². The molecule has 1 aromatic carbocycles. The quantitative estimate of drug-likeness (QED) is 0.561. The van der Waals surface area contributed by atoms with Gasteiger partial charge in [-0.15, -0.1) is 11.3 Å². The number of rotatable bonds is 9. The zero-order valence-electron chi connectivity index (χ0n) is 15.6. The van der Waals surface area contributed by atoms with E-state index in [1.54, 1.807) is 55.1 Å². The Morgan fingerprint density at radius 1 is 1.07 bits per heavy atom. The molecule has 3 rings (SSSR count). The van der Waals surface area contributed by atoms with Crippen LogP contribution in [-0.2, 0) is 11.2 Å². The van der Waals surface area contributed by atoms with Crippen LogP contribution in [0, 0.1) is 0 Å². The minimum absolute atomic E-state index is 0.0562. The number of nitrogens with one attached hydrogen (secondary N) is 1. The van der Waals surface area contributed by atoms with E-state index in [0.29, 0.717) is 24.3 Å². The summed E-state index contributed by atoms with van der Waals surface area (Å²) in [6.45, 7) is 0.495. The topological polar surface area (TPSA) is 81.2 Å². The summed E-state index contributed by atoms with van der Waals surface area (Å²) in [4.78, 5) is 32.7. The van der Waals surface area contributed by atoms with Crippen LogP contribution in [0.25, 0.3) is 10.6 Å². The van der Waals surface area contributed by atoms with Gasteiger partial charge in [0.05, 0.1) is 12.8 Å². The molecule has 0 unspecified atom stereocenters. The van der Waals surface area contributed by atoms with Gasteiger partial charge in [0, 0.05) is 54.7 Å².